The van der Waals surface area contributed by atoms with Crippen LogP contribution in [0.25, 0.3) is 22.5 Å². The van der Waals surface area contributed by atoms with Gasteiger partial charge in [-0.2, -0.15) is 0 Å². The summed E-state index contributed by atoms with van der Waals surface area (Å²) >= 11 is 1.72. The Morgan fingerprint density at radius 2 is 1.97 bits per heavy atom. The minimum absolute atomic E-state index is 0.140. The fourth-order valence-corrected chi connectivity index (χ4v) is 4.61. The topological polar surface area (TPSA) is 91.0 Å². The van der Waals surface area contributed by atoms with E-state index in [1.807, 2.05) is 42.6 Å². The molecular weight excluding hydrogens is 438 g/mol. The Hall–Kier alpha value is -3.85. The number of anilines is 1. The Balaban J connectivity index is 1.32. The van der Waals surface area contributed by atoms with Gasteiger partial charge in [-0.3, -0.25) is 14.2 Å². The lowest BCUT2D eigenvalue weighted by Crippen LogP contribution is -2.27. The van der Waals surface area contributed by atoms with Crippen LogP contribution in [0.15, 0.2) is 77.1 Å². The molecule has 0 radical (unpaired) electrons. The highest BCUT2D eigenvalue weighted by atomic mass is 32.2. The van der Waals surface area contributed by atoms with Crippen molar-refractivity contribution in [2.45, 2.75) is 18.2 Å². The van der Waals surface area contributed by atoms with Crippen molar-refractivity contribution >= 4 is 23.4 Å². The van der Waals surface area contributed by atoms with Crippen molar-refractivity contribution in [2.75, 3.05) is 18.2 Å². The van der Waals surface area contributed by atoms with E-state index in [1.165, 1.54) is 17.0 Å². The highest BCUT2D eigenvalue weighted by Crippen LogP contribution is 2.32. The zero-order valence-electron chi connectivity index (χ0n) is 17.9. The van der Waals surface area contributed by atoms with Crippen molar-refractivity contribution in [3.8, 4) is 28.3 Å². The molecule has 0 spiro atoms. The number of amides is 1. The number of carbonyl (C=O) groups excluding carboxylic acids is 1. The molecule has 0 bridgehead atoms. The third kappa shape index (κ3) is 4.40. The van der Waals surface area contributed by atoms with Gasteiger partial charge in [0.25, 0.3) is 5.56 Å². The second-order valence-corrected chi connectivity index (χ2v) is 8.58. The van der Waals surface area contributed by atoms with Gasteiger partial charge in [0, 0.05) is 35.7 Å². The number of imidazole rings is 1. The summed E-state index contributed by atoms with van der Waals surface area (Å²) in [4.78, 5) is 34.4. The first-order valence-corrected chi connectivity index (χ1v) is 11.4. The van der Waals surface area contributed by atoms with Gasteiger partial charge in [-0.05, 0) is 30.3 Å². The average molecular weight is 460 g/mol. The summed E-state index contributed by atoms with van der Waals surface area (Å²) in [6, 6.07) is 16.2. The van der Waals surface area contributed by atoms with Crippen LogP contribution in [0.2, 0.25) is 0 Å². The number of nitrogens with zero attached hydrogens (tertiary/aromatic N) is 4. The zero-order chi connectivity index (χ0) is 22.8. The number of fused-ring (bicyclic) bond motifs is 1. The minimum atomic E-state index is -0.315. The third-order valence-electron chi connectivity index (χ3n) is 5.36. The smallest absolute Gasteiger partial charge is 0.254 e. The Kier molecular flexibility index (Phi) is 5.70. The van der Waals surface area contributed by atoms with Gasteiger partial charge in [0.2, 0.25) is 5.91 Å². The van der Waals surface area contributed by atoms with Gasteiger partial charge in [0.15, 0.2) is 5.16 Å². The lowest BCUT2D eigenvalue weighted by atomic mass is 10.1. The maximum atomic E-state index is 12.7. The largest absolute Gasteiger partial charge is 0.497 e. The standard InChI is InChI=1S/C24H21N5O3S/c1-32-17-8-6-16(7-9-17)20-12-23(31)29(15-25-20)14-22(30)26-19-5-3-2-4-18(19)21-13-28-10-11-33-24(28)27-21/h2-9,12-13,15H,10-11,14H2,1H3,(H,26,30). The molecule has 0 saturated heterocycles. The molecule has 0 aliphatic carbocycles. The van der Waals surface area contributed by atoms with Gasteiger partial charge >= 0.3 is 0 Å². The summed E-state index contributed by atoms with van der Waals surface area (Å²) in [5.41, 5.74) is 3.34. The molecule has 1 aliphatic heterocycles. The number of nitrogens with one attached hydrogen (secondary N) is 1. The van der Waals surface area contributed by atoms with Gasteiger partial charge in [-0.25, -0.2) is 9.97 Å². The maximum Gasteiger partial charge on any atom is 0.254 e. The van der Waals surface area contributed by atoms with E-state index in [9.17, 15) is 9.59 Å². The van der Waals surface area contributed by atoms with Crippen LogP contribution in [0.4, 0.5) is 5.69 Å². The van der Waals surface area contributed by atoms with Crippen LogP contribution in [0.1, 0.15) is 0 Å². The first-order chi connectivity index (χ1) is 16.1. The first-order valence-electron chi connectivity index (χ1n) is 10.4. The van der Waals surface area contributed by atoms with Crippen LogP contribution in [-0.2, 0) is 17.9 Å². The Morgan fingerprint density at radius 1 is 1.15 bits per heavy atom. The Morgan fingerprint density at radius 3 is 2.73 bits per heavy atom. The fourth-order valence-electron chi connectivity index (χ4n) is 3.66. The summed E-state index contributed by atoms with van der Waals surface area (Å²) in [7, 11) is 1.60. The molecule has 0 unspecified atom stereocenters. The zero-order valence-corrected chi connectivity index (χ0v) is 18.7. The molecule has 1 amide bonds. The average Bonchev–Trinajstić information content (AvgIpc) is 3.43. The van der Waals surface area contributed by atoms with Crippen LogP contribution >= 0.6 is 11.8 Å². The van der Waals surface area contributed by atoms with E-state index < -0.39 is 0 Å². The number of benzene rings is 2. The number of hydrogen-bond acceptors (Lipinski definition) is 6. The fraction of sp³-hybridized carbons (Fsp3) is 0.167. The quantitative estimate of drug-likeness (QED) is 0.474. The second kappa shape index (κ2) is 8.95. The Labute approximate surface area is 194 Å². The molecule has 0 fully saturated rings. The number of aromatic nitrogens is 4. The molecule has 2 aromatic carbocycles. The normalized spacial score (nSPS) is 12.4. The molecule has 1 aliphatic rings. The van der Waals surface area contributed by atoms with Crippen molar-refractivity contribution in [3.05, 3.63) is 77.5 Å². The summed E-state index contributed by atoms with van der Waals surface area (Å²) in [6.45, 7) is 0.794. The molecule has 0 saturated carbocycles. The third-order valence-corrected chi connectivity index (χ3v) is 6.33. The van der Waals surface area contributed by atoms with Crippen molar-refractivity contribution in [1.29, 1.82) is 0 Å². The van der Waals surface area contributed by atoms with Crippen LogP contribution in [0.3, 0.4) is 0 Å². The summed E-state index contributed by atoms with van der Waals surface area (Å²) in [5, 5.41) is 3.90. The van der Waals surface area contributed by atoms with E-state index >= 15 is 0 Å². The predicted octanol–water partition coefficient (Wildman–Crippen LogP) is 3.53. The summed E-state index contributed by atoms with van der Waals surface area (Å²) < 4.78 is 8.56. The van der Waals surface area contributed by atoms with Crippen LogP contribution in [-0.4, -0.2) is 37.9 Å². The maximum absolute atomic E-state index is 12.7. The monoisotopic (exact) mass is 459 g/mol. The highest BCUT2D eigenvalue weighted by molar-refractivity contribution is 7.99. The lowest BCUT2D eigenvalue weighted by Gasteiger charge is -2.11. The van der Waals surface area contributed by atoms with Crippen molar-refractivity contribution < 1.29 is 9.53 Å². The molecule has 33 heavy (non-hydrogen) atoms. The molecule has 3 heterocycles. The molecule has 8 nitrogen and oxygen atoms in total. The molecule has 9 heteroatoms. The van der Waals surface area contributed by atoms with Crippen molar-refractivity contribution in [1.82, 2.24) is 19.1 Å². The van der Waals surface area contributed by atoms with Crippen molar-refractivity contribution in [2.24, 2.45) is 0 Å². The molecule has 4 aromatic rings. The first kappa shape index (κ1) is 21.0. The number of ether oxygens (including phenoxy) is 1. The van der Waals surface area contributed by atoms with Crippen LogP contribution in [0.5, 0.6) is 5.75 Å². The molecule has 166 valence electrons. The second-order valence-electron chi connectivity index (χ2n) is 7.51. The molecular formula is C24H21N5O3S. The van der Waals surface area contributed by atoms with Gasteiger partial charge in [-0.1, -0.05) is 30.0 Å². The predicted molar refractivity (Wildman–Crippen MR) is 128 cm³/mol. The van der Waals surface area contributed by atoms with Gasteiger partial charge in [0.05, 0.1) is 30.5 Å². The van der Waals surface area contributed by atoms with E-state index in [0.29, 0.717) is 11.4 Å². The van der Waals surface area contributed by atoms with E-state index in [0.717, 1.165) is 40.0 Å². The van der Waals surface area contributed by atoms with Gasteiger partial charge in [0.1, 0.15) is 12.3 Å². The van der Waals surface area contributed by atoms with Crippen LogP contribution < -0.4 is 15.6 Å². The number of aryl methyl sites for hydroxylation is 1. The number of hydrogen-bond donors (Lipinski definition) is 1. The van der Waals surface area contributed by atoms with E-state index in [1.54, 1.807) is 31.0 Å². The number of carbonyl (C=O) groups is 1. The molecule has 0 atom stereocenters. The number of methoxy groups -OCH3 is 1. The molecule has 1 N–H and O–H groups in total. The summed E-state index contributed by atoms with van der Waals surface area (Å²) in [6.07, 6.45) is 3.40. The SMILES string of the molecule is COc1ccc(-c2cc(=O)n(CC(=O)Nc3ccccc3-c3cn4c(n3)SCC4)cn2)cc1. The van der Waals surface area contributed by atoms with Crippen molar-refractivity contribution in [3.63, 3.8) is 0 Å². The number of para-hydroxylation sites is 1. The number of rotatable bonds is 6. The van der Waals surface area contributed by atoms with Gasteiger partial charge < -0.3 is 14.6 Å². The van der Waals surface area contributed by atoms with E-state index in [2.05, 4.69) is 19.9 Å². The van der Waals surface area contributed by atoms with E-state index in [-0.39, 0.29) is 18.0 Å². The molecule has 2 aromatic heterocycles. The van der Waals surface area contributed by atoms with Gasteiger partial charge in [-0.15, -0.1) is 0 Å². The number of thioether (sulfide) groups is 1. The van der Waals surface area contributed by atoms with E-state index in [4.69, 9.17) is 4.74 Å². The molecule has 5 rings (SSSR count). The summed E-state index contributed by atoms with van der Waals surface area (Å²) in [5.74, 6) is 1.44. The minimum Gasteiger partial charge on any atom is -0.497 e. The highest BCUT2D eigenvalue weighted by Gasteiger charge is 2.18. The lowest BCUT2D eigenvalue weighted by molar-refractivity contribution is -0.116. The Bertz CT molecular complexity index is 1360. The van der Waals surface area contributed by atoms with Crippen LogP contribution in [0, 0.1) is 0 Å².